The molecule has 0 bridgehead atoms. The molecule has 3 heterocycles. The van der Waals surface area contributed by atoms with E-state index in [4.69, 9.17) is 0 Å². The van der Waals surface area contributed by atoms with Crippen molar-refractivity contribution >= 4 is 17.3 Å². The first kappa shape index (κ1) is 15.9. The van der Waals surface area contributed by atoms with Gasteiger partial charge < -0.3 is 10.2 Å². The molecule has 0 aliphatic heterocycles. The van der Waals surface area contributed by atoms with Crippen LogP contribution in [-0.4, -0.2) is 44.1 Å². The van der Waals surface area contributed by atoms with E-state index >= 15 is 0 Å². The monoisotopic (exact) mass is 338 g/mol. The van der Waals surface area contributed by atoms with Crippen LogP contribution in [0.3, 0.4) is 0 Å². The molecule has 3 aromatic rings. The normalized spacial score (nSPS) is 11.7. The lowest BCUT2D eigenvalue weighted by atomic mass is 10.4. The third-order valence-electron chi connectivity index (χ3n) is 3.15. The fourth-order valence-corrected chi connectivity index (χ4v) is 1.92. The second-order valence-electron chi connectivity index (χ2n) is 5.13. The van der Waals surface area contributed by atoms with Crippen LogP contribution in [0.25, 0.3) is 5.65 Å². The van der Waals surface area contributed by atoms with Gasteiger partial charge in [-0.3, -0.25) is 0 Å². The van der Waals surface area contributed by atoms with Crippen molar-refractivity contribution in [1.82, 2.24) is 30.0 Å². The Hall–Kier alpha value is -2.98. The van der Waals surface area contributed by atoms with Crippen LogP contribution in [0.1, 0.15) is 11.5 Å². The van der Waals surface area contributed by atoms with Gasteiger partial charge in [-0.25, -0.2) is 0 Å². The third-order valence-corrected chi connectivity index (χ3v) is 3.15. The molecule has 3 rings (SSSR count). The summed E-state index contributed by atoms with van der Waals surface area (Å²) in [5.41, 5.74) is -0.478. The lowest BCUT2D eigenvalue weighted by molar-refractivity contribution is -0.141. The summed E-state index contributed by atoms with van der Waals surface area (Å²) in [6.45, 7) is 0.186. The number of alkyl halides is 3. The lowest BCUT2D eigenvalue weighted by Gasteiger charge is -2.11. The minimum atomic E-state index is -4.51. The van der Waals surface area contributed by atoms with Gasteiger partial charge in [0, 0.05) is 14.1 Å². The van der Waals surface area contributed by atoms with Gasteiger partial charge in [-0.15, -0.1) is 25.5 Å². The second-order valence-corrected chi connectivity index (χ2v) is 5.13. The second kappa shape index (κ2) is 5.91. The van der Waals surface area contributed by atoms with Crippen molar-refractivity contribution in [2.24, 2.45) is 0 Å². The van der Waals surface area contributed by atoms with Gasteiger partial charge in [0.1, 0.15) is 11.6 Å². The van der Waals surface area contributed by atoms with Crippen molar-refractivity contribution < 1.29 is 13.2 Å². The van der Waals surface area contributed by atoms with E-state index in [1.54, 1.807) is 10.6 Å². The average molecular weight is 338 g/mol. The number of anilines is 2. The first-order chi connectivity index (χ1) is 11.3. The van der Waals surface area contributed by atoms with Crippen LogP contribution < -0.4 is 10.2 Å². The minimum absolute atomic E-state index is 0.186. The SMILES string of the molecule is CN(C)c1ccc2nnc(CNc3ccc(C(F)(F)F)nn3)n2n1. The van der Waals surface area contributed by atoms with E-state index in [9.17, 15) is 13.2 Å². The molecule has 0 aromatic carbocycles. The topological polar surface area (TPSA) is 84.1 Å². The predicted octanol–water partition coefficient (Wildman–Crippen LogP) is 1.61. The number of rotatable bonds is 4. The molecular weight excluding hydrogens is 325 g/mol. The Kier molecular flexibility index (Phi) is 3.91. The van der Waals surface area contributed by atoms with E-state index in [-0.39, 0.29) is 12.4 Å². The molecule has 0 saturated carbocycles. The number of aromatic nitrogens is 6. The van der Waals surface area contributed by atoms with Crippen molar-refractivity contribution in [2.75, 3.05) is 24.3 Å². The van der Waals surface area contributed by atoms with Crippen LogP contribution in [0.4, 0.5) is 24.8 Å². The molecule has 0 atom stereocenters. The molecule has 0 spiro atoms. The van der Waals surface area contributed by atoms with Crippen LogP contribution >= 0.6 is 0 Å². The summed E-state index contributed by atoms with van der Waals surface area (Å²) in [6.07, 6.45) is -4.51. The minimum Gasteiger partial charge on any atom is -0.361 e. The van der Waals surface area contributed by atoms with E-state index in [0.29, 0.717) is 11.5 Å². The average Bonchev–Trinajstić information content (AvgIpc) is 2.94. The standard InChI is InChI=1S/C13H13F3N8/c1-23(2)11-6-5-10-20-21-12(24(10)22-11)7-17-9-4-3-8(18-19-9)13(14,15)16/h3-6H,7H2,1-2H3,(H,17,19). The third kappa shape index (κ3) is 3.19. The van der Waals surface area contributed by atoms with Gasteiger partial charge in [-0.05, 0) is 24.3 Å². The molecule has 11 heteroatoms. The fourth-order valence-electron chi connectivity index (χ4n) is 1.92. The smallest absolute Gasteiger partial charge is 0.361 e. The molecule has 0 aliphatic carbocycles. The summed E-state index contributed by atoms with van der Waals surface area (Å²) in [7, 11) is 3.71. The zero-order valence-electron chi connectivity index (χ0n) is 12.8. The van der Waals surface area contributed by atoms with Crippen molar-refractivity contribution in [2.45, 2.75) is 12.7 Å². The summed E-state index contributed by atoms with van der Waals surface area (Å²) in [4.78, 5) is 1.83. The lowest BCUT2D eigenvalue weighted by Crippen LogP contribution is -2.14. The largest absolute Gasteiger partial charge is 0.435 e. The van der Waals surface area contributed by atoms with Crippen LogP contribution in [0.5, 0.6) is 0 Å². The fraction of sp³-hybridized carbons (Fsp3) is 0.308. The summed E-state index contributed by atoms with van der Waals surface area (Å²) in [6, 6.07) is 5.65. The number of hydrogen-bond acceptors (Lipinski definition) is 7. The molecule has 126 valence electrons. The number of nitrogens with one attached hydrogen (secondary N) is 1. The highest BCUT2D eigenvalue weighted by molar-refractivity contribution is 5.45. The Balaban J connectivity index is 1.77. The summed E-state index contributed by atoms with van der Waals surface area (Å²) in [5.74, 6) is 1.41. The first-order valence-electron chi connectivity index (χ1n) is 6.88. The highest BCUT2D eigenvalue weighted by Crippen LogP contribution is 2.27. The zero-order valence-corrected chi connectivity index (χ0v) is 12.8. The molecule has 3 aromatic heterocycles. The Labute approximate surface area is 134 Å². The van der Waals surface area contributed by atoms with Crippen molar-refractivity contribution in [3.63, 3.8) is 0 Å². The van der Waals surface area contributed by atoms with E-state index < -0.39 is 11.9 Å². The molecule has 0 radical (unpaired) electrons. The van der Waals surface area contributed by atoms with Gasteiger partial charge in [-0.1, -0.05) is 0 Å². The molecule has 8 nitrogen and oxygen atoms in total. The Bertz CT molecular complexity index is 841. The maximum Gasteiger partial charge on any atom is 0.435 e. The quantitative estimate of drug-likeness (QED) is 0.774. The molecule has 1 N–H and O–H groups in total. The van der Waals surface area contributed by atoms with Crippen LogP contribution in [0.15, 0.2) is 24.3 Å². The molecular formula is C13H13F3N8. The number of nitrogens with zero attached hydrogens (tertiary/aromatic N) is 7. The number of halogens is 3. The first-order valence-corrected chi connectivity index (χ1v) is 6.88. The molecule has 0 fully saturated rings. The van der Waals surface area contributed by atoms with Crippen molar-refractivity contribution in [3.8, 4) is 0 Å². The Morgan fingerprint density at radius 3 is 2.46 bits per heavy atom. The van der Waals surface area contributed by atoms with Gasteiger partial charge in [0.05, 0.1) is 6.54 Å². The highest BCUT2D eigenvalue weighted by Gasteiger charge is 2.32. The molecule has 0 amide bonds. The van der Waals surface area contributed by atoms with Gasteiger partial charge >= 0.3 is 6.18 Å². The highest BCUT2D eigenvalue weighted by atomic mass is 19.4. The van der Waals surface area contributed by atoms with E-state index in [1.165, 1.54) is 6.07 Å². The Morgan fingerprint density at radius 2 is 1.83 bits per heavy atom. The van der Waals surface area contributed by atoms with Gasteiger partial charge in [-0.2, -0.15) is 17.7 Å². The van der Waals surface area contributed by atoms with Gasteiger partial charge in [0.25, 0.3) is 0 Å². The Morgan fingerprint density at radius 1 is 1.04 bits per heavy atom. The predicted molar refractivity (Wildman–Crippen MR) is 79.5 cm³/mol. The zero-order chi connectivity index (χ0) is 17.3. The van der Waals surface area contributed by atoms with E-state index in [2.05, 4.69) is 30.8 Å². The number of fused-ring (bicyclic) bond motifs is 1. The number of hydrogen-bond donors (Lipinski definition) is 1. The molecule has 0 saturated heterocycles. The van der Waals surface area contributed by atoms with Crippen molar-refractivity contribution in [3.05, 3.63) is 35.8 Å². The van der Waals surface area contributed by atoms with E-state index in [0.717, 1.165) is 11.9 Å². The van der Waals surface area contributed by atoms with Crippen LogP contribution in [0, 0.1) is 0 Å². The van der Waals surface area contributed by atoms with Crippen LogP contribution in [-0.2, 0) is 12.7 Å². The summed E-state index contributed by atoms with van der Waals surface area (Å²) < 4.78 is 38.9. The molecule has 0 aliphatic rings. The van der Waals surface area contributed by atoms with Gasteiger partial charge in [0.15, 0.2) is 17.2 Å². The van der Waals surface area contributed by atoms with Crippen molar-refractivity contribution in [1.29, 1.82) is 0 Å². The van der Waals surface area contributed by atoms with Gasteiger partial charge in [0.2, 0.25) is 0 Å². The summed E-state index contributed by atoms with van der Waals surface area (Å²) in [5, 5.41) is 21.9. The molecule has 0 unspecified atom stereocenters. The van der Waals surface area contributed by atoms with Crippen LogP contribution in [0.2, 0.25) is 0 Å². The maximum absolute atomic E-state index is 12.4. The maximum atomic E-state index is 12.4. The summed E-state index contributed by atoms with van der Waals surface area (Å²) >= 11 is 0. The van der Waals surface area contributed by atoms with E-state index in [1.807, 2.05) is 25.1 Å². The molecule has 24 heavy (non-hydrogen) atoms.